The minimum atomic E-state index is -6.19. The van der Waals surface area contributed by atoms with E-state index in [0.29, 0.717) is 40.8 Å². The number of hydrogen-bond acceptors (Lipinski definition) is 4. The molecule has 0 unspecified atom stereocenters. The number of carbonyl (C=O) groups excluding carboxylic acids is 4. The van der Waals surface area contributed by atoms with E-state index in [9.17, 15) is 36.7 Å². The second-order valence-corrected chi connectivity index (χ2v) is 14.8. The monoisotopic (exact) mass is 806 g/mol. The zero-order valence-electron chi connectivity index (χ0n) is 30.7. The van der Waals surface area contributed by atoms with Crippen LogP contribution >= 0.6 is 0 Å². The van der Waals surface area contributed by atoms with E-state index in [1.807, 2.05) is 0 Å². The van der Waals surface area contributed by atoms with E-state index >= 15 is 26.3 Å². The van der Waals surface area contributed by atoms with Gasteiger partial charge in [0.1, 0.15) is 6.67 Å². The van der Waals surface area contributed by atoms with Crippen molar-refractivity contribution in [2.75, 3.05) is 4.90 Å². The summed E-state index contributed by atoms with van der Waals surface area (Å²) >= 11 is 0. The Morgan fingerprint density at radius 3 is 1.54 bits per heavy atom. The molecule has 0 aromatic heterocycles. The van der Waals surface area contributed by atoms with Crippen LogP contribution in [-0.4, -0.2) is 46.4 Å². The highest BCUT2D eigenvalue weighted by atomic mass is 19.4. The second-order valence-electron chi connectivity index (χ2n) is 14.8. The van der Waals surface area contributed by atoms with Gasteiger partial charge in [0.05, 0.1) is 33.5 Å². The number of benzene rings is 4. The summed E-state index contributed by atoms with van der Waals surface area (Å²) in [6.07, 6.45) is -17.0. The number of carbonyl (C=O) groups is 4. The fourth-order valence-electron chi connectivity index (χ4n) is 7.36. The van der Waals surface area contributed by atoms with Crippen molar-refractivity contribution in [3.8, 4) is 11.1 Å². The van der Waals surface area contributed by atoms with Crippen LogP contribution in [0.25, 0.3) is 11.1 Å². The van der Waals surface area contributed by atoms with Gasteiger partial charge in [0.2, 0.25) is 5.41 Å². The summed E-state index contributed by atoms with van der Waals surface area (Å²) in [5, 5.41) is 0. The molecule has 300 valence electrons. The van der Waals surface area contributed by atoms with Crippen LogP contribution in [0.15, 0.2) is 72.8 Å². The lowest BCUT2D eigenvalue weighted by atomic mass is 9.71. The molecule has 2 heterocycles. The third kappa shape index (κ3) is 6.27. The first kappa shape index (κ1) is 41.1. The molecule has 2 aliphatic heterocycles. The van der Waals surface area contributed by atoms with Gasteiger partial charge in [-0.3, -0.25) is 24.1 Å². The van der Waals surface area contributed by atoms with Gasteiger partial charge in [-0.15, -0.1) is 0 Å². The average Bonchev–Trinajstić information content (AvgIpc) is 3.53. The molecule has 4 aromatic rings. The summed E-state index contributed by atoms with van der Waals surface area (Å²) in [5.74, 6) is -4.90. The Balaban J connectivity index is 1.46. The van der Waals surface area contributed by atoms with E-state index in [1.165, 1.54) is 19.9 Å². The predicted octanol–water partition coefficient (Wildman–Crippen LogP) is 11.0. The summed E-state index contributed by atoms with van der Waals surface area (Å²) < 4.78 is 148. The molecule has 6 nitrogen and oxygen atoms in total. The number of rotatable bonds is 8. The molecule has 4 amide bonds. The summed E-state index contributed by atoms with van der Waals surface area (Å²) in [6.45, 7) is 6.59. The predicted molar refractivity (Wildman–Crippen MR) is 188 cm³/mol. The Bertz CT molecular complexity index is 2340. The maximum absolute atomic E-state index is 15.2. The first-order chi connectivity index (χ1) is 26.3. The summed E-state index contributed by atoms with van der Waals surface area (Å²) in [5.41, 5.74) is -13.9. The minimum absolute atomic E-state index is 0.212. The largest absolute Gasteiger partial charge is 0.417 e. The van der Waals surface area contributed by atoms with Crippen LogP contribution in [-0.2, 0) is 18.3 Å². The first-order valence-corrected chi connectivity index (χ1v) is 17.4. The average molecular weight is 807 g/mol. The van der Waals surface area contributed by atoms with E-state index in [4.69, 9.17) is 0 Å². The SMILES string of the molecule is CCC(C)(C)N1C(=O)c2ccc(C(c3ccc4c(c3)C(=O)N(c3ccc(-c5ccc(C(C)C)cc5C(F)(F)F)c(CF)c3)C4=O)(C(F)(F)F)C(F)(F)F)cc2C1=O. The molecular weight excluding hydrogens is 774 g/mol. The van der Waals surface area contributed by atoms with Crippen LogP contribution < -0.4 is 4.90 Å². The van der Waals surface area contributed by atoms with Crippen molar-refractivity contribution in [3.05, 3.63) is 123 Å². The number of amides is 4. The molecule has 0 spiro atoms. The van der Waals surface area contributed by atoms with E-state index in [2.05, 4.69) is 0 Å². The lowest BCUT2D eigenvalue weighted by molar-refractivity contribution is -0.288. The van der Waals surface area contributed by atoms with E-state index in [-0.39, 0.29) is 24.0 Å². The highest BCUT2D eigenvalue weighted by Crippen LogP contribution is 2.57. The number of alkyl halides is 10. The lowest BCUT2D eigenvalue weighted by Crippen LogP contribution is -2.55. The zero-order valence-corrected chi connectivity index (χ0v) is 30.7. The molecule has 0 radical (unpaired) electrons. The van der Waals surface area contributed by atoms with E-state index in [1.54, 1.807) is 20.8 Å². The van der Waals surface area contributed by atoms with Gasteiger partial charge in [-0.1, -0.05) is 51.1 Å². The van der Waals surface area contributed by atoms with Crippen molar-refractivity contribution in [2.45, 2.75) is 83.1 Å². The van der Waals surface area contributed by atoms with Crippen molar-refractivity contribution in [1.29, 1.82) is 0 Å². The maximum Gasteiger partial charge on any atom is 0.417 e. The molecule has 0 saturated carbocycles. The third-order valence-corrected chi connectivity index (χ3v) is 10.8. The van der Waals surface area contributed by atoms with Gasteiger partial charge in [-0.05, 0) is 102 Å². The molecule has 0 fully saturated rings. The number of nitrogens with zero attached hydrogens (tertiary/aromatic N) is 2. The van der Waals surface area contributed by atoms with E-state index in [0.717, 1.165) is 35.2 Å². The van der Waals surface area contributed by atoms with Gasteiger partial charge in [0, 0.05) is 5.54 Å². The molecule has 0 aliphatic carbocycles. The van der Waals surface area contributed by atoms with Gasteiger partial charge in [-0.2, -0.15) is 39.5 Å². The van der Waals surface area contributed by atoms with Crippen molar-refractivity contribution < 1.29 is 63.1 Å². The van der Waals surface area contributed by atoms with Crippen LogP contribution in [0.4, 0.5) is 49.6 Å². The summed E-state index contributed by atoms with van der Waals surface area (Å²) in [7, 11) is 0. The zero-order chi connectivity index (χ0) is 42.4. The Labute approximate surface area is 319 Å². The molecule has 0 N–H and O–H groups in total. The fourth-order valence-corrected chi connectivity index (χ4v) is 7.36. The Hall–Kier alpha value is -5.54. The number of hydrogen-bond donors (Lipinski definition) is 0. The minimum Gasteiger partial charge on any atom is -0.269 e. The van der Waals surface area contributed by atoms with Crippen LogP contribution in [0.2, 0.25) is 0 Å². The molecular formula is C41H32F10N2O4. The fraction of sp³-hybridized carbons (Fsp3) is 0.317. The molecule has 0 bridgehead atoms. The first-order valence-electron chi connectivity index (χ1n) is 17.4. The Morgan fingerprint density at radius 1 is 0.579 bits per heavy atom. The Kier molecular flexibility index (Phi) is 9.77. The van der Waals surface area contributed by atoms with Crippen LogP contribution in [0.5, 0.6) is 0 Å². The third-order valence-electron chi connectivity index (χ3n) is 10.8. The van der Waals surface area contributed by atoms with Crippen LogP contribution in [0.1, 0.15) is 116 Å². The van der Waals surface area contributed by atoms with Crippen molar-refractivity contribution in [2.24, 2.45) is 0 Å². The Morgan fingerprint density at radius 2 is 1.05 bits per heavy atom. The number of halogens is 10. The highest BCUT2D eigenvalue weighted by Gasteiger charge is 2.73. The quantitative estimate of drug-likeness (QED) is 0.131. The summed E-state index contributed by atoms with van der Waals surface area (Å²) in [6, 6.07) is 9.16. The lowest BCUT2D eigenvalue weighted by Gasteiger charge is -2.38. The summed E-state index contributed by atoms with van der Waals surface area (Å²) in [4.78, 5) is 54.9. The maximum atomic E-state index is 15.2. The van der Waals surface area contributed by atoms with Gasteiger partial charge >= 0.3 is 18.5 Å². The molecule has 0 atom stereocenters. The van der Waals surface area contributed by atoms with Crippen molar-refractivity contribution in [1.82, 2.24) is 4.90 Å². The molecule has 0 saturated heterocycles. The molecule has 57 heavy (non-hydrogen) atoms. The number of anilines is 1. The number of imide groups is 2. The topological polar surface area (TPSA) is 74.8 Å². The van der Waals surface area contributed by atoms with Gasteiger partial charge < -0.3 is 0 Å². The second kappa shape index (κ2) is 13.5. The van der Waals surface area contributed by atoms with Gasteiger partial charge in [0.15, 0.2) is 0 Å². The standard InChI is InChI=1S/C41H32F10N2O4/c1-6-37(4,5)53-35(56)29-13-9-24(18-31(29)36(53)57)38(40(46,47)48,41(49,50)51)23-8-12-28-30(17-23)34(55)52(33(28)54)25-10-14-26(22(15-25)19-42)27-11-7-21(20(2)3)16-32(27)39(43,44)45/h7-18,20H,6,19H2,1-5H3. The molecule has 4 aromatic carbocycles. The normalized spacial score (nSPS) is 15.3. The van der Waals surface area contributed by atoms with E-state index < -0.39 is 116 Å². The van der Waals surface area contributed by atoms with Crippen molar-refractivity contribution >= 4 is 29.3 Å². The van der Waals surface area contributed by atoms with Gasteiger partial charge in [0.25, 0.3) is 23.6 Å². The molecule has 2 aliphatic rings. The molecule has 6 rings (SSSR count). The van der Waals surface area contributed by atoms with Crippen molar-refractivity contribution in [3.63, 3.8) is 0 Å². The van der Waals surface area contributed by atoms with Crippen LogP contribution in [0.3, 0.4) is 0 Å². The van der Waals surface area contributed by atoms with Crippen LogP contribution in [0, 0.1) is 0 Å². The molecule has 16 heteroatoms. The highest BCUT2D eigenvalue weighted by molar-refractivity contribution is 6.34. The smallest absolute Gasteiger partial charge is 0.269 e. The van der Waals surface area contributed by atoms with Gasteiger partial charge in [-0.25, -0.2) is 9.29 Å². The number of fused-ring (bicyclic) bond motifs is 2.